The predicted octanol–water partition coefficient (Wildman–Crippen LogP) is 2.12. The van der Waals surface area contributed by atoms with E-state index < -0.39 is 0 Å². The van der Waals surface area contributed by atoms with Crippen LogP contribution < -0.4 is 15.2 Å². The smallest absolute Gasteiger partial charge is 0.127 e. The largest absolute Gasteiger partial charge is 0.497 e. The third-order valence-corrected chi connectivity index (χ3v) is 2.44. The molecule has 0 saturated carbocycles. The summed E-state index contributed by atoms with van der Waals surface area (Å²) in [5.41, 5.74) is 6.99. The summed E-state index contributed by atoms with van der Waals surface area (Å²) in [6, 6.07) is 5.51. The van der Waals surface area contributed by atoms with Gasteiger partial charge in [-0.25, -0.2) is 0 Å². The molecule has 0 aliphatic rings. The van der Waals surface area contributed by atoms with Gasteiger partial charge in [0.15, 0.2) is 0 Å². The SMILES string of the molecule is C#CCCC(N)c1ccc(OC)cc1OC. The first kappa shape index (κ1) is 12.4. The van der Waals surface area contributed by atoms with Crippen LogP contribution in [-0.2, 0) is 0 Å². The molecule has 0 aliphatic heterocycles. The summed E-state index contributed by atoms with van der Waals surface area (Å²) in [5.74, 6) is 4.08. The van der Waals surface area contributed by atoms with E-state index in [0.29, 0.717) is 6.42 Å². The Hall–Kier alpha value is -1.66. The summed E-state index contributed by atoms with van der Waals surface area (Å²) in [7, 11) is 3.24. The average Bonchev–Trinajstić information content (AvgIpc) is 2.34. The van der Waals surface area contributed by atoms with Gasteiger partial charge in [0.25, 0.3) is 0 Å². The molecule has 0 saturated heterocycles. The first-order valence-electron chi connectivity index (χ1n) is 5.14. The van der Waals surface area contributed by atoms with Gasteiger partial charge in [-0.2, -0.15) is 0 Å². The molecule has 3 heteroatoms. The fourth-order valence-corrected chi connectivity index (χ4v) is 1.52. The highest BCUT2D eigenvalue weighted by Crippen LogP contribution is 2.30. The molecule has 86 valence electrons. The fourth-order valence-electron chi connectivity index (χ4n) is 1.52. The Labute approximate surface area is 96.6 Å². The van der Waals surface area contributed by atoms with Gasteiger partial charge in [0.05, 0.1) is 14.2 Å². The van der Waals surface area contributed by atoms with E-state index in [4.69, 9.17) is 21.6 Å². The number of nitrogens with two attached hydrogens (primary N) is 1. The standard InChI is InChI=1S/C13H17NO2/c1-4-5-6-12(14)11-8-7-10(15-2)9-13(11)16-3/h1,7-9,12H,5-6,14H2,2-3H3. The average molecular weight is 219 g/mol. The van der Waals surface area contributed by atoms with Crippen molar-refractivity contribution in [3.05, 3.63) is 23.8 Å². The molecule has 0 spiro atoms. The van der Waals surface area contributed by atoms with E-state index in [1.807, 2.05) is 18.2 Å². The van der Waals surface area contributed by atoms with Crippen LogP contribution in [0.4, 0.5) is 0 Å². The molecule has 3 nitrogen and oxygen atoms in total. The van der Waals surface area contributed by atoms with Gasteiger partial charge < -0.3 is 15.2 Å². The molecule has 1 atom stereocenters. The van der Waals surface area contributed by atoms with Crippen molar-refractivity contribution in [2.24, 2.45) is 5.73 Å². The van der Waals surface area contributed by atoms with Crippen molar-refractivity contribution in [1.29, 1.82) is 0 Å². The Bertz CT molecular complexity index is 382. The molecule has 0 amide bonds. The zero-order valence-electron chi connectivity index (χ0n) is 9.69. The molecule has 0 aromatic heterocycles. The summed E-state index contributed by atoms with van der Waals surface area (Å²) >= 11 is 0. The van der Waals surface area contributed by atoms with Crippen LogP contribution in [0.1, 0.15) is 24.4 Å². The third kappa shape index (κ3) is 2.91. The normalized spacial score (nSPS) is 11.6. The molecule has 0 fully saturated rings. The van der Waals surface area contributed by atoms with E-state index in [1.54, 1.807) is 14.2 Å². The van der Waals surface area contributed by atoms with Crippen LogP contribution in [0, 0.1) is 12.3 Å². The minimum atomic E-state index is -0.100. The monoisotopic (exact) mass is 219 g/mol. The highest BCUT2D eigenvalue weighted by Gasteiger charge is 2.12. The lowest BCUT2D eigenvalue weighted by atomic mass is 10.0. The lowest BCUT2D eigenvalue weighted by molar-refractivity contribution is 0.387. The van der Waals surface area contributed by atoms with Gasteiger partial charge in [0, 0.05) is 24.1 Å². The van der Waals surface area contributed by atoms with Crippen molar-refractivity contribution in [3.63, 3.8) is 0 Å². The van der Waals surface area contributed by atoms with Crippen LogP contribution in [0.25, 0.3) is 0 Å². The Balaban J connectivity index is 2.90. The van der Waals surface area contributed by atoms with Gasteiger partial charge in [0.2, 0.25) is 0 Å². The molecular formula is C13H17NO2. The van der Waals surface area contributed by atoms with Crippen LogP contribution in [0.15, 0.2) is 18.2 Å². The van der Waals surface area contributed by atoms with Crippen molar-refractivity contribution in [1.82, 2.24) is 0 Å². The first-order chi connectivity index (χ1) is 7.72. The number of methoxy groups -OCH3 is 2. The Morgan fingerprint density at radius 3 is 2.69 bits per heavy atom. The number of rotatable bonds is 5. The second-order valence-corrected chi connectivity index (χ2v) is 3.46. The van der Waals surface area contributed by atoms with E-state index in [1.165, 1.54) is 0 Å². The van der Waals surface area contributed by atoms with E-state index in [9.17, 15) is 0 Å². The molecule has 1 aromatic rings. The predicted molar refractivity (Wildman–Crippen MR) is 64.5 cm³/mol. The van der Waals surface area contributed by atoms with Gasteiger partial charge in [-0.1, -0.05) is 6.07 Å². The van der Waals surface area contributed by atoms with Gasteiger partial charge in [-0.05, 0) is 12.5 Å². The molecule has 0 aliphatic carbocycles. The summed E-state index contributed by atoms with van der Waals surface area (Å²) in [5, 5.41) is 0. The molecular weight excluding hydrogens is 202 g/mol. The van der Waals surface area contributed by atoms with E-state index >= 15 is 0 Å². The number of hydrogen-bond donors (Lipinski definition) is 1. The van der Waals surface area contributed by atoms with Crippen LogP contribution in [0.3, 0.4) is 0 Å². The Morgan fingerprint density at radius 2 is 2.12 bits per heavy atom. The third-order valence-electron chi connectivity index (χ3n) is 2.44. The molecule has 16 heavy (non-hydrogen) atoms. The van der Waals surface area contributed by atoms with Crippen molar-refractivity contribution >= 4 is 0 Å². The van der Waals surface area contributed by atoms with Crippen LogP contribution in [-0.4, -0.2) is 14.2 Å². The molecule has 1 aromatic carbocycles. The number of terminal acetylenes is 1. The lowest BCUT2D eigenvalue weighted by Crippen LogP contribution is -2.11. The number of benzene rings is 1. The maximum atomic E-state index is 6.03. The minimum Gasteiger partial charge on any atom is -0.497 e. The lowest BCUT2D eigenvalue weighted by Gasteiger charge is -2.15. The fraction of sp³-hybridized carbons (Fsp3) is 0.385. The topological polar surface area (TPSA) is 44.5 Å². The van der Waals surface area contributed by atoms with Crippen LogP contribution >= 0.6 is 0 Å². The second kappa shape index (κ2) is 6.04. The highest BCUT2D eigenvalue weighted by molar-refractivity contribution is 5.42. The number of ether oxygens (including phenoxy) is 2. The summed E-state index contributed by atoms with van der Waals surface area (Å²) in [6.07, 6.45) is 6.63. The van der Waals surface area contributed by atoms with E-state index in [2.05, 4.69) is 5.92 Å². The summed E-state index contributed by atoms with van der Waals surface area (Å²) in [6.45, 7) is 0. The van der Waals surface area contributed by atoms with Crippen LogP contribution in [0.2, 0.25) is 0 Å². The minimum absolute atomic E-state index is 0.100. The quantitative estimate of drug-likeness (QED) is 0.771. The maximum Gasteiger partial charge on any atom is 0.127 e. The van der Waals surface area contributed by atoms with Crippen molar-refractivity contribution in [2.45, 2.75) is 18.9 Å². The number of hydrogen-bond acceptors (Lipinski definition) is 3. The molecule has 2 N–H and O–H groups in total. The van der Waals surface area contributed by atoms with Gasteiger partial charge in [-0.15, -0.1) is 12.3 Å². The zero-order chi connectivity index (χ0) is 12.0. The van der Waals surface area contributed by atoms with Crippen molar-refractivity contribution in [3.8, 4) is 23.8 Å². The maximum absolute atomic E-state index is 6.03. The van der Waals surface area contributed by atoms with Crippen molar-refractivity contribution < 1.29 is 9.47 Å². The van der Waals surface area contributed by atoms with Gasteiger partial charge in [-0.3, -0.25) is 0 Å². The first-order valence-corrected chi connectivity index (χ1v) is 5.14. The zero-order valence-corrected chi connectivity index (χ0v) is 9.69. The highest BCUT2D eigenvalue weighted by atomic mass is 16.5. The summed E-state index contributed by atoms with van der Waals surface area (Å²) in [4.78, 5) is 0. The van der Waals surface area contributed by atoms with Crippen molar-refractivity contribution in [2.75, 3.05) is 14.2 Å². The van der Waals surface area contributed by atoms with E-state index in [-0.39, 0.29) is 6.04 Å². The van der Waals surface area contributed by atoms with Crippen LogP contribution in [0.5, 0.6) is 11.5 Å². The molecule has 0 heterocycles. The molecule has 0 bridgehead atoms. The van der Waals surface area contributed by atoms with Gasteiger partial charge >= 0.3 is 0 Å². The Kier molecular flexibility index (Phi) is 4.68. The molecule has 0 radical (unpaired) electrons. The van der Waals surface area contributed by atoms with E-state index in [0.717, 1.165) is 23.5 Å². The second-order valence-electron chi connectivity index (χ2n) is 3.46. The summed E-state index contributed by atoms with van der Waals surface area (Å²) < 4.78 is 10.4. The molecule has 1 rings (SSSR count). The molecule has 1 unspecified atom stereocenters. The van der Waals surface area contributed by atoms with Gasteiger partial charge in [0.1, 0.15) is 11.5 Å². The Morgan fingerprint density at radius 1 is 1.38 bits per heavy atom.